The lowest BCUT2D eigenvalue weighted by Crippen LogP contribution is -1.88. The second-order valence-corrected chi connectivity index (χ2v) is 3.84. The number of aryl methyl sites for hydroxylation is 1. The molecular formula is C13H12N4. The number of pyridine rings is 1. The smallest absolute Gasteiger partial charge is 0.200 e. The van der Waals surface area contributed by atoms with Crippen molar-refractivity contribution in [3.63, 3.8) is 0 Å². The molecule has 2 aromatic heterocycles. The molecule has 17 heavy (non-hydrogen) atoms. The van der Waals surface area contributed by atoms with Crippen LogP contribution in [0.25, 0.3) is 22.3 Å². The Balaban J connectivity index is 2.23. The van der Waals surface area contributed by atoms with Crippen molar-refractivity contribution >= 4 is 10.8 Å². The zero-order valence-electron chi connectivity index (χ0n) is 9.51. The molecule has 0 saturated heterocycles. The van der Waals surface area contributed by atoms with Gasteiger partial charge in [-0.2, -0.15) is 5.10 Å². The van der Waals surface area contributed by atoms with Crippen LogP contribution in [0.1, 0.15) is 12.7 Å². The average Bonchev–Trinajstić information content (AvgIpc) is 2.87. The summed E-state index contributed by atoms with van der Waals surface area (Å²) in [6, 6.07) is 10.1. The first kappa shape index (κ1) is 9.96. The van der Waals surface area contributed by atoms with E-state index in [0.717, 1.165) is 28.7 Å². The quantitative estimate of drug-likeness (QED) is 0.727. The Morgan fingerprint density at radius 3 is 2.88 bits per heavy atom. The highest BCUT2D eigenvalue weighted by Crippen LogP contribution is 2.23. The summed E-state index contributed by atoms with van der Waals surface area (Å²) in [6.07, 6.45) is 2.64. The molecule has 0 radical (unpaired) electrons. The Morgan fingerprint density at radius 1 is 1.18 bits per heavy atom. The normalized spacial score (nSPS) is 10.9. The van der Waals surface area contributed by atoms with Gasteiger partial charge >= 0.3 is 0 Å². The van der Waals surface area contributed by atoms with Crippen LogP contribution in [0.3, 0.4) is 0 Å². The van der Waals surface area contributed by atoms with Crippen LogP contribution in [0.2, 0.25) is 0 Å². The highest BCUT2D eigenvalue weighted by Gasteiger charge is 2.09. The number of aromatic nitrogens is 4. The predicted molar refractivity (Wildman–Crippen MR) is 66.5 cm³/mol. The zero-order valence-corrected chi connectivity index (χ0v) is 9.51. The number of rotatable bonds is 2. The summed E-state index contributed by atoms with van der Waals surface area (Å²) in [4.78, 5) is 8.80. The summed E-state index contributed by atoms with van der Waals surface area (Å²) in [7, 11) is 0. The van der Waals surface area contributed by atoms with Gasteiger partial charge in [0.2, 0.25) is 0 Å². The molecule has 84 valence electrons. The fourth-order valence-corrected chi connectivity index (χ4v) is 1.86. The van der Waals surface area contributed by atoms with Crippen molar-refractivity contribution in [1.82, 2.24) is 20.2 Å². The van der Waals surface area contributed by atoms with Crippen molar-refractivity contribution in [1.29, 1.82) is 0 Å². The Morgan fingerprint density at radius 2 is 2.06 bits per heavy atom. The molecule has 0 saturated carbocycles. The molecule has 0 amide bonds. The molecule has 3 aromatic rings. The van der Waals surface area contributed by atoms with E-state index in [0.29, 0.717) is 5.82 Å². The molecular weight excluding hydrogens is 212 g/mol. The molecule has 1 N–H and O–H groups in total. The summed E-state index contributed by atoms with van der Waals surface area (Å²) >= 11 is 0. The van der Waals surface area contributed by atoms with E-state index in [1.54, 1.807) is 6.20 Å². The predicted octanol–water partition coefficient (Wildman–Crippen LogP) is 2.58. The van der Waals surface area contributed by atoms with Gasteiger partial charge in [-0.25, -0.2) is 4.98 Å². The van der Waals surface area contributed by atoms with Crippen LogP contribution in [0.15, 0.2) is 36.5 Å². The minimum absolute atomic E-state index is 0.665. The number of nitrogens with zero attached hydrogens (tertiary/aromatic N) is 3. The van der Waals surface area contributed by atoms with E-state index in [1.165, 1.54) is 0 Å². The minimum Gasteiger partial charge on any atom is -0.263 e. The van der Waals surface area contributed by atoms with Crippen molar-refractivity contribution < 1.29 is 0 Å². The van der Waals surface area contributed by atoms with Gasteiger partial charge in [0.25, 0.3) is 0 Å². The molecule has 0 atom stereocenters. The van der Waals surface area contributed by atoms with E-state index >= 15 is 0 Å². The van der Waals surface area contributed by atoms with Crippen LogP contribution in [0.5, 0.6) is 0 Å². The Hall–Kier alpha value is -2.23. The van der Waals surface area contributed by atoms with Crippen molar-refractivity contribution in [2.24, 2.45) is 0 Å². The molecule has 0 unspecified atom stereocenters. The number of benzene rings is 1. The van der Waals surface area contributed by atoms with Gasteiger partial charge in [0.1, 0.15) is 11.5 Å². The average molecular weight is 224 g/mol. The lowest BCUT2D eigenvalue weighted by molar-refractivity contribution is 0.946. The largest absolute Gasteiger partial charge is 0.263 e. The molecule has 4 heteroatoms. The van der Waals surface area contributed by atoms with Gasteiger partial charge < -0.3 is 0 Å². The third-order valence-corrected chi connectivity index (χ3v) is 2.75. The molecule has 2 heterocycles. The zero-order chi connectivity index (χ0) is 11.7. The molecule has 0 aliphatic carbocycles. The molecule has 0 spiro atoms. The highest BCUT2D eigenvalue weighted by atomic mass is 15.2. The molecule has 4 nitrogen and oxygen atoms in total. The van der Waals surface area contributed by atoms with Crippen LogP contribution in [-0.4, -0.2) is 20.2 Å². The summed E-state index contributed by atoms with van der Waals surface area (Å²) in [5, 5.41) is 9.36. The van der Waals surface area contributed by atoms with Gasteiger partial charge in [-0.05, 0) is 11.5 Å². The van der Waals surface area contributed by atoms with E-state index < -0.39 is 0 Å². The van der Waals surface area contributed by atoms with Crippen LogP contribution in [0.4, 0.5) is 0 Å². The fourth-order valence-electron chi connectivity index (χ4n) is 1.86. The summed E-state index contributed by atoms with van der Waals surface area (Å²) in [6.45, 7) is 2.04. The molecule has 0 aliphatic rings. The van der Waals surface area contributed by atoms with Crippen molar-refractivity contribution in [3.8, 4) is 11.5 Å². The topological polar surface area (TPSA) is 54.5 Å². The van der Waals surface area contributed by atoms with Gasteiger partial charge in [0, 0.05) is 18.0 Å². The van der Waals surface area contributed by atoms with Gasteiger partial charge in [0.05, 0.1) is 0 Å². The van der Waals surface area contributed by atoms with E-state index in [2.05, 4.69) is 26.2 Å². The Labute approximate surface area is 98.7 Å². The third-order valence-electron chi connectivity index (χ3n) is 2.75. The number of hydrogen-bond acceptors (Lipinski definition) is 3. The molecule has 3 rings (SSSR count). The molecule has 0 aliphatic heterocycles. The van der Waals surface area contributed by atoms with E-state index in [-0.39, 0.29) is 0 Å². The van der Waals surface area contributed by atoms with E-state index in [9.17, 15) is 0 Å². The van der Waals surface area contributed by atoms with Gasteiger partial charge in [-0.3, -0.25) is 10.1 Å². The number of hydrogen-bond donors (Lipinski definition) is 1. The first-order valence-corrected chi connectivity index (χ1v) is 5.64. The first-order chi connectivity index (χ1) is 8.38. The van der Waals surface area contributed by atoms with Crippen molar-refractivity contribution in [3.05, 3.63) is 42.4 Å². The lowest BCUT2D eigenvalue weighted by Gasteiger charge is -2.00. The number of fused-ring (bicyclic) bond motifs is 1. The maximum atomic E-state index is 4.42. The van der Waals surface area contributed by atoms with Crippen LogP contribution >= 0.6 is 0 Å². The maximum absolute atomic E-state index is 4.42. The summed E-state index contributed by atoms with van der Waals surface area (Å²) in [5.41, 5.74) is 0.832. The second-order valence-electron chi connectivity index (χ2n) is 3.84. The van der Waals surface area contributed by atoms with E-state index in [4.69, 9.17) is 0 Å². The number of aromatic amines is 1. The van der Waals surface area contributed by atoms with Crippen molar-refractivity contribution in [2.75, 3.05) is 0 Å². The monoisotopic (exact) mass is 224 g/mol. The third kappa shape index (κ3) is 1.67. The summed E-state index contributed by atoms with van der Waals surface area (Å²) < 4.78 is 0. The summed E-state index contributed by atoms with van der Waals surface area (Å²) in [5.74, 6) is 1.55. The molecule has 1 aromatic carbocycles. The SMILES string of the molecule is CCc1nc(-c2nccc3ccccc23)n[nH]1. The molecule has 0 bridgehead atoms. The molecule has 0 fully saturated rings. The van der Waals surface area contributed by atoms with Gasteiger partial charge in [0.15, 0.2) is 5.82 Å². The van der Waals surface area contributed by atoms with Gasteiger partial charge in [-0.1, -0.05) is 31.2 Å². The number of H-pyrrole nitrogens is 1. The van der Waals surface area contributed by atoms with E-state index in [1.807, 2.05) is 31.2 Å². The van der Waals surface area contributed by atoms with Crippen LogP contribution in [0, 0.1) is 0 Å². The van der Waals surface area contributed by atoms with Crippen LogP contribution in [-0.2, 0) is 6.42 Å². The minimum atomic E-state index is 0.665. The lowest BCUT2D eigenvalue weighted by atomic mass is 10.1. The first-order valence-electron chi connectivity index (χ1n) is 5.64. The highest BCUT2D eigenvalue weighted by molar-refractivity contribution is 5.92. The maximum Gasteiger partial charge on any atom is 0.200 e. The van der Waals surface area contributed by atoms with Crippen molar-refractivity contribution in [2.45, 2.75) is 13.3 Å². The van der Waals surface area contributed by atoms with Gasteiger partial charge in [-0.15, -0.1) is 0 Å². The number of nitrogens with one attached hydrogen (secondary N) is 1. The Bertz CT molecular complexity index is 652. The fraction of sp³-hybridized carbons (Fsp3) is 0.154. The standard InChI is InChI=1S/C13H12N4/c1-2-11-15-13(17-16-11)12-10-6-4-3-5-9(10)7-8-14-12/h3-8H,2H2,1H3,(H,15,16,17). The second kappa shape index (κ2) is 3.97. The Kier molecular flexibility index (Phi) is 2.33. The van der Waals surface area contributed by atoms with Crippen LogP contribution < -0.4 is 0 Å².